The van der Waals surface area contributed by atoms with Crippen LogP contribution in [0.15, 0.2) is 58.7 Å². The molecular formula is C21H17NO5. The maximum absolute atomic E-state index is 13.0. The summed E-state index contributed by atoms with van der Waals surface area (Å²) in [5, 5.41) is 0. The van der Waals surface area contributed by atoms with Gasteiger partial charge in [0.15, 0.2) is 0 Å². The van der Waals surface area contributed by atoms with Crippen molar-refractivity contribution in [2.45, 2.75) is 13.3 Å². The number of furan rings is 1. The van der Waals surface area contributed by atoms with Crippen LogP contribution in [0.3, 0.4) is 0 Å². The summed E-state index contributed by atoms with van der Waals surface area (Å²) in [6.07, 6.45) is 4.42. The van der Waals surface area contributed by atoms with Crippen molar-refractivity contribution in [3.8, 4) is 5.75 Å². The number of nitrogens with zero attached hydrogens (tertiary/aromatic N) is 1. The molecule has 4 atom stereocenters. The molecule has 3 aliphatic rings. The van der Waals surface area contributed by atoms with Gasteiger partial charge in [0.25, 0.3) is 0 Å². The van der Waals surface area contributed by atoms with Gasteiger partial charge in [-0.3, -0.25) is 9.59 Å². The van der Waals surface area contributed by atoms with E-state index in [9.17, 15) is 14.4 Å². The summed E-state index contributed by atoms with van der Waals surface area (Å²) >= 11 is 0. The minimum absolute atomic E-state index is 0.0846. The van der Waals surface area contributed by atoms with E-state index in [1.165, 1.54) is 22.8 Å². The number of amides is 2. The van der Waals surface area contributed by atoms with Crippen molar-refractivity contribution in [3.63, 3.8) is 0 Å². The number of anilines is 1. The zero-order chi connectivity index (χ0) is 18.7. The highest BCUT2D eigenvalue weighted by atomic mass is 16.5. The molecule has 1 aromatic heterocycles. The van der Waals surface area contributed by atoms with Gasteiger partial charge in [0.1, 0.15) is 5.75 Å². The Labute approximate surface area is 155 Å². The lowest BCUT2D eigenvalue weighted by atomic mass is 9.82. The van der Waals surface area contributed by atoms with Gasteiger partial charge in [-0.25, -0.2) is 9.69 Å². The lowest BCUT2D eigenvalue weighted by molar-refractivity contribution is -0.123. The van der Waals surface area contributed by atoms with Crippen molar-refractivity contribution in [1.29, 1.82) is 0 Å². The van der Waals surface area contributed by atoms with Crippen LogP contribution in [0.4, 0.5) is 5.69 Å². The second-order valence-electron chi connectivity index (χ2n) is 7.34. The monoisotopic (exact) mass is 363 g/mol. The van der Waals surface area contributed by atoms with Crippen LogP contribution in [0.1, 0.15) is 23.9 Å². The molecule has 1 aliphatic heterocycles. The molecule has 136 valence electrons. The Balaban J connectivity index is 1.42. The third-order valence-corrected chi connectivity index (χ3v) is 5.89. The first kappa shape index (κ1) is 16.1. The van der Waals surface area contributed by atoms with Gasteiger partial charge in [-0.15, -0.1) is 0 Å². The zero-order valence-electron chi connectivity index (χ0n) is 14.6. The van der Waals surface area contributed by atoms with Crippen LogP contribution in [0.5, 0.6) is 5.75 Å². The van der Waals surface area contributed by atoms with E-state index in [4.69, 9.17) is 9.15 Å². The highest BCUT2D eigenvalue weighted by Gasteiger charge is 2.60. The first-order chi connectivity index (χ1) is 13.0. The van der Waals surface area contributed by atoms with Crippen LogP contribution in [0.2, 0.25) is 0 Å². The molecule has 2 aliphatic carbocycles. The van der Waals surface area contributed by atoms with E-state index >= 15 is 0 Å². The summed E-state index contributed by atoms with van der Waals surface area (Å²) in [6, 6.07) is 9.59. The molecule has 1 saturated carbocycles. The van der Waals surface area contributed by atoms with Crippen LogP contribution >= 0.6 is 0 Å². The van der Waals surface area contributed by atoms with Gasteiger partial charge in [0, 0.05) is 6.07 Å². The van der Waals surface area contributed by atoms with Crippen molar-refractivity contribution in [2.24, 2.45) is 23.7 Å². The number of allylic oxidation sites excluding steroid dienone is 2. The Hall–Kier alpha value is -3.15. The maximum Gasteiger partial charge on any atom is 0.379 e. The van der Waals surface area contributed by atoms with Gasteiger partial charge in [0.05, 0.1) is 23.8 Å². The summed E-state index contributed by atoms with van der Waals surface area (Å²) in [5.74, 6) is -0.809. The van der Waals surface area contributed by atoms with E-state index in [0.717, 1.165) is 6.42 Å². The molecule has 2 fully saturated rings. The number of hydrogen-bond acceptors (Lipinski definition) is 5. The van der Waals surface area contributed by atoms with Crippen LogP contribution in [0, 0.1) is 23.7 Å². The molecule has 2 aromatic rings. The average Bonchev–Trinajstić information content (AvgIpc) is 3.40. The van der Waals surface area contributed by atoms with E-state index in [1.54, 1.807) is 30.3 Å². The first-order valence-electron chi connectivity index (χ1n) is 8.96. The third-order valence-electron chi connectivity index (χ3n) is 5.89. The number of carbonyl (C=O) groups excluding carboxylic acids is 3. The summed E-state index contributed by atoms with van der Waals surface area (Å²) < 4.78 is 10.3. The predicted molar refractivity (Wildman–Crippen MR) is 94.9 cm³/mol. The third kappa shape index (κ3) is 2.29. The van der Waals surface area contributed by atoms with Crippen LogP contribution in [-0.4, -0.2) is 17.8 Å². The molecule has 6 nitrogen and oxygen atoms in total. The lowest BCUT2D eigenvalue weighted by Crippen LogP contribution is -2.32. The van der Waals surface area contributed by atoms with Crippen LogP contribution < -0.4 is 9.64 Å². The summed E-state index contributed by atoms with van der Waals surface area (Å²) in [7, 11) is 0. The molecule has 0 N–H and O–H groups in total. The Kier molecular flexibility index (Phi) is 3.37. The highest BCUT2D eigenvalue weighted by molar-refractivity contribution is 6.23. The molecule has 0 radical (unpaired) electrons. The maximum atomic E-state index is 13.0. The van der Waals surface area contributed by atoms with E-state index in [0.29, 0.717) is 5.69 Å². The fourth-order valence-corrected chi connectivity index (χ4v) is 4.77. The number of ether oxygens (including phenoxy) is 1. The van der Waals surface area contributed by atoms with Crippen molar-refractivity contribution in [2.75, 3.05) is 4.90 Å². The molecule has 0 spiro atoms. The fourth-order valence-electron chi connectivity index (χ4n) is 4.77. The Morgan fingerprint density at radius 2 is 1.96 bits per heavy atom. The molecule has 1 saturated heterocycles. The first-order valence-corrected chi connectivity index (χ1v) is 8.96. The van der Waals surface area contributed by atoms with Crippen molar-refractivity contribution in [1.82, 2.24) is 0 Å². The summed E-state index contributed by atoms with van der Waals surface area (Å²) in [5.41, 5.74) is 1.64. The summed E-state index contributed by atoms with van der Waals surface area (Å²) in [6.45, 7) is 2.04. The Morgan fingerprint density at radius 1 is 1.15 bits per heavy atom. The molecule has 2 heterocycles. The number of rotatable bonds is 3. The number of carbonyl (C=O) groups is 3. The van der Waals surface area contributed by atoms with Crippen molar-refractivity contribution in [3.05, 3.63) is 60.1 Å². The number of fused-ring (bicyclic) bond motifs is 5. The van der Waals surface area contributed by atoms with Gasteiger partial charge in [0.2, 0.25) is 17.6 Å². The molecule has 0 unspecified atom stereocenters. The van der Waals surface area contributed by atoms with Gasteiger partial charge >= 0.3 is 5.97 Å². The van der Waals surface area contributed by atoms with Gasteiger partial charge in [-0.1, -0.05) is 17.7 Å². The zero-order valence-corrected chi connectivity index (χ0v) is 14.6. The molecule has 6 heteroatoms. The highest BCUT2D eigenvalue weighted by Crippen LogP contribution is 2.55. The smallest absolute Gasteiger partial charge is 0.379 e. The topological polar surface area (TPSA) is 76.8 Å². The van der Waals surface area contributed by atoms with E-state index in [1.807, 2.05) is 6.92 Å². The predicted octanol–water partition coefficient (Wildman–Crippen LogP) is 3.20. The quantitative estimate of drug-likeness (QED) is 0.362. The van der Waals surface area contributed by atoms with Crippen molar-refractivity contribution < 1.29 is 23.5 Å². The average molecular weight is 363 g/mol. The second-order valence-corrected chi connectivity index (χ2v) is 7.34. The van der Waals surface area contributed by atoms with Crippen molar-refractivity contribution >= 4 is 23.5 Å². The minimum Gasteiger partial charge on any atom is -0.457 e. The molecular weight excluding hydrogens is 346 g/mol. The normalized spacial score (nSPS) is 28.5. The standard InChI is InChI=1S/C21H17NO5/c1-11-8-12-9-15(11)18-17(12)19(23)22(20(18)24)13-4-2-5-14(10-13)27-21(25)16-6-3-7-26-16/h2-8,10,12,15,17-18H,9H2,1H3/t12-,15+,17+,18+/m0/s1. The van der Waals surface area contributed by atoms with E-state index < -0.39 is 5.97 Å². The minimum atomic E-state index is -0.633. The number of hydrogen-bond donors (Lipinski definition) is 0. The van der Waals surface area contributed by atoms with E-state index in [2.05, 4.69) is 6.08 Å². The van der Waals surface area contributed by atoms with E-state index in [-0.39, 0.29) is 47.0 Å². The Morgan fingerprint density at radius 3 is 2.74 bits per heavy atom. The second kappa shape index (κ2) is 5.67. The SMILES string of the molecule is CC1=C[C@H]2C[C@H]1[C@H]1C(=O)N(c3cccc(OC(=O)c4ccco4)c3)C(=O)[C@@H]12. The molecule has 5 rings (SSSR count). The number of benzene rings is 1. The molecule has 27 heavy (non-hydrogen) atoms. The lowest BCUT2D eigenvalue weighted by Gasteiger charge is -2.19. The van der Waals surface area contributed by atoms with Gasteiger partial charge in [-0.2, -0.15) is 0 Å². The van der Waals surface area contributed by atoms with Crippen LogP contribution in [-0.2, 0) is 9.59 Å². The van der Waals surface area contributed by atoms with Gasteiger partial charge < -0.3 is 9.15 Å². The fraction of sp³-hybridized carbons (Fsp3) is 0.286. The number of imide groups is 1. The molecule has 1 aromatic carbocycles. The number of esters is 1. The molecule has 2 amide bonds. The van der Waals surface area contributed by atoms with Crippen LogP contribution in [0.25, 0.3) is 0 Å². The largest absolute Gasteiger partial charge is 0.457 e. The molecule has 2 bridgehead atoms. The Bertz CT molecular complexity index is 990. The van der Waals surface area contributed by atoms with Gasteiger partial charge in [-0.05, 0) is 49.4 Å². The summed E-state index contributed by atoms with van der Waals surface area (Å²) in [4.78, 5) is 39.3.